The molecule has 0 saturated heterocycles. The van der Waals surface area contributed by atoms with Crippen molar-refractivity contribution in [3.63, 3.8) is 0 Å². The van der Waals surface area contributed by atoms with Crippen LogP contribution in [0.1, 0.15) is 39.2 Å². The molecule has 3 N–H and O–H groups in total. The van der Waals surface area contributed by atoms with Crippen molar-refractivity contribution < 1.29 is 18.7 Å². The number of nitrogens with two attached hydrogens (primary N) is 1. The first-order valence-corrected chi connectivity index (χ1v) is 6.51. The summed E-state index contributed by atoms with van der Waals surface area (Å²) in [6, 6.07) is 2.82. The third-order valence-corrected chi connectivity index (χ3v) is 3.47. The average Bonchev–Trinajstić information content (AvgIpc) is 2.27. The van der Waals surface area contributed by atoms with Crippen LogP contribution in [-0.2, 0) is 10.2 Å². The number of hydrogen-bond acceptors (Lipinski definition) is 2. The zero-order valence-electron chi connectivity index (χ0n) is 12.0. The molecule has 0 fully saturated rings. The van der Waals surface area contributed by atoms with Crippen molar-refractivity contribution in [2.45, 2.75) is 39.0 Å². The van der Waals surface area contributed by atoms with Crippen molar-refractivity contribution in [2.75, 3.05) is 6.54 Å². The molecule has 5 heteroatoms. The van der Waals surface area contributed by atoms with E-state index in [1.54, 1.807) is 0 Å². The second kappa shape index (κ2) is 5.87. The topological polar surface area (TPSA) is 63.3 Å². The van der Waals surface area contributed by atoms with Crippen molar-refractivity contribution in [2.24, 2.45) is 11.1 Å². The Morgan fingerprint density at radius 2 is 1.65 bits per heavy atom. The highest BCUT2D eigenvalue weighted by Gasteiger charge is 2.40. The Morgan fingerprint density at radius 3 is 2.00 bits per heavy atom. The quantitative estimate of drug-likeness (QED) is 0.874. The SMILES string of the molecule is CC(C)(C)CCC(CN)(C(=O)O)c1cc(F)cc(F)c1. The number of halogens is 2. The summed E-state index contributed by atoms with van der Waals surface area (Å²) >= 11 is 0. The monoisotopic (exact) mass is 285 g/mol. The van der Waals surface area contributed by atoms with Gasteiger partial charge in [-0.05, 0) is 36.0 Å². The minimum absolute atomic E-state index is 0.0780. The van der Waals surface area contributed by atoms with E-state index in [4.69, 9.17) is 5.73 Å². The highest BCUT2D eigenvalue weighted by Crippen LogP contribution is 2.34. The van der Waals surface area contributed by atoms with Gasteiger partial charge in [-0.25, -0.2) is 8.78 Å². The molecule has 0 aliphatic carbocycles. The van der Waals surface area contributed by atoms with Gasteiger partial charge in [0.2, 0.25) is 0 Å². The van der Waals surface area contributed by atoms with Gasteiger partial charge in [0.25, 0.3) is 0 Å². The lowest BCUT2D eigenvalue weighted by molar-refractivity contribution is -0.144. The van der Waals surface area contributed by atoms with Gasteiger partial charge < -0.3 is 10.8 Å². The molecule has 3 nitrogen and oxygen atoms in total. The van der Waals surface area contributed by atoms with E-state index in [1.807, 2.05) is 20.8 Å². The normalized spacial score (nSPS) is 14.9. The van der Waals surface area contributed by atoms with Gasteiger partial charge in [-0.1, -0.05) is 20.8 Å². The van der Waals surface area contributed by atoms with Crippen molar-refractivity contribution in [1.82, 2.24) is 0 Å². The molecule has 0 radical (unpaired) electrons. The molecule has 0 spiro atoms. The van der Waals surface area contributed by atoms with Gasteiger partial charge >= 0.3 is 5.97 Å². The highest BCUT2D eigenvalue weighted by molar-refractivity contribution is 5.81. The molecule has 20 heavy (non-hydrogen) atoms. The van der Waals surface area contributed by atoms with E-state index in [0.717, 1.165) is 18.2 Å². The van der Waals surface area contributed by atoms with Gasteiger partial charge in [-0.2, -0.15) is 0 Å². The van der Waals surface area contributed by atoms with Crippen LogP contribution < -0.4 is 5.73 Å². The summed E-state index contributed by atoms with van der Waals surface area (Å²) in [4.78, 5) is 11.7. The maximum Gasteiger partial charge on any atom is 0.315 e. The largest absolute Gasteiger partial charge is 0.481 e. The van der Waals surface area contributed by atoms with E-state index in [2.05, 4.69) is 0 Å². The fraction of sp³-hybridized carbons (Fsp3) is 0.533. The number of benzene rings is 1. The molecule has 0 aromatic heterocycles. The standard InChI is InChI=1S/C15H21F2NO2/c1-14(2,3)4-5-15(9-18,13(19)20)10-6-11(16)8-12(17)7-10/h6-8H,4-5,9,18H2,1-3H3,(H,19,20). The molecule has 0 heterocycles. The molecule has 0 bridgehead atoms. The Morgan fingerprint density at radius 1 is 1.15 bits per heavy atom. The average molecular weight is 285 g/mol. The van der Waals surface area contributed by atoms with E-state index >= 15 is 0 Å². The van der Waals surface area contributed by atoms with Crippen LogP contribution in [0.15, 0.2) is 18.2 Å². The predicted octanol–water partition coefficient (Wildman–Crippen LogP) is 3.07. The third-order valence-electron chi connectivity index (χ3n) is 3.47. The number of aliphatic carboxylic acids is 1. The molecule has 0 saturated carbocycles. The van der Waals surface area contributed by atoms with Crippen molar-refractivity contribution in [1.29, 1.82) is 0 Å². The van der Waals surface area contributed by atoms with Crippen LogP contribution >= 0.6 is 0 Å². The van der Waals surface area contributed by atoms with E-state index < -0.39 is 23.0 Å². The van der Waals surface area contributed by atoms with Crippen molar-refractivity contribution >= 4 is 5.97 Å². The second-order valence-corrected chi connectivity index (χ2v) is 6.31. The van der Waals surface area contributed by atoms with E-state index in [0.29, 0.717) is 6.42 Å². The third kappa shape index (κ3) is 3.76. The summed E-state index contributed by atoms with van der Waals surface area (Å²) in [5, 5.41) is 9.53. The number of hydrogen-bond donors (Lipinski definition) is 2. The van der Waals surface area contributed by atoms with Gasteiger partial charge in [0.15, 0.2) is 0 Å². The van der Waals surface area contributed by atoms with Crippen molar-refractivity contribution in [3.05, 3.63) is 35.4 Å². The molecular formula is C15H21F2NO2. The second-order valence-electron chi connectivity index (χ2n) is 6.31. The first-order valence-electron chi connectivity index (χ1n) is 6.51. The number of rotatable bonds is 5. The van der Waals surface area contributed by atoms with Crippen LogP contribution in [0.2, 0.25) is 0 Å². The number of carbonyl (C=O) groups is 1. The smallest absolute Gasteiger partial charge is 0.315 e. The summed E-state index contributed by atoms with van der Waals surface area (Å²) in [5.74, 6) is -2.75. The molecular weight excluding hydrogens is 264 g/mol. The molecule has 1 aromatic rings. The molecule has 0 amide bonds. The Labute approximate surface area is 117 Å². The molecule has 1 rings (SSSR count). The van der Waals surface area contributed by atoms with E-state index in [1.165, 1.54) is 0 Å². The number of carboxylic acids is 1. The van der Waals surface area contributed by atoms with Gasteiger partial charge in [0.05, 0.1) is 0 Å². The Balaban J connectivity index is 3.26. The van der Waals surface area contributed by atoms with Crippen LogP contribution in [0.3, 0.4) is 0 Å². The van der Waals surface area contributed by atoms with Crippen LogP contribution in [0.25, 0.3) is 0 Å². The van der Waals surface area contributed by atoms with Gasteiger partial charge in [0.1, 0.15) is 17.0 Å². The summed E-state index contributed by atoms with van der Waals surface area (Å²) < 4.78 is 26.7. The van der Waals surface area contributed by atoms with Crippen LogP contribution in [-0.4, -0.2) is 17.6 Å². The van der Waals surface area contributed by atoms with Crippen LogP contribution in [0.5, 0.6) is 0 Å². The lowest BCUT2D eigenvalue weighted by Crippen LogP contribution is -2.43. The zero-order valence-corrected chi connectivity index (χ0v) is 12.0. The molecule has 112 valence electrons. The molecule has 1 atom stereocenters. The fourth-order valence-electron chi connectivity index (χ4n) is 2.10. The maximum atomic E-state index is 13.4. The van der Waals surface area contributed by atoms with Gasteiger partial charge in [0, 0.05) is 12.6 Å². The predicted molar refractivity (Wildman–Crippen MR) is 73.4 cm³/mol. The van der Waals surface area contributed by atoms with Crippen LogP contribution in [0, 0.1) is 17.0 Å². The lowest BCUT2D eigenvalue weighted by Gasteiger charge is -2.31. The van der Waals surface area contributed by atoms with E-state index in [-0.39, 0.29) is 23.9 Å². The van der Waals surface area contributed by atoms with Crippen LogP contribution in [0.4, 0.5) is 8.78 Å². The molecule has 1 aromatic carbocycles. The minimum atomic E-state index is -1.46. The number of carboxylic acid groups (broad SMARTS) is 1. The van der Waals surface area contributed by atoms with Gasteiger partial charge in [-0.3, -0.25) is 4.79 Å². The summed E-state index contributed by atoms with van der Waals surface area (Å²) in [5.41, 5.74) is 4.16. The molecule has 0 aliphatic heterocycles. The Bertz CT molecular complexity index is 477. The molecule has 0 aliphatic rings. The Hall–Kier alpha value is -1.49. The summed E-state index contributed by atoms with van der Waals surface area (Å²) in [7, 11) is 0. The molecule has 1 unspecified atom stereocenters. The van der Waals surface area contributed by atoms with E-state index in [9.17, 15) is 18.7 Å². The van der Waals surface area contributed by atoms with Crippen molar-refractivity contribution in [3.8, 4) is 0 Å². The first-order chi connectivity index (χ1) is 9.10. The summed E-state index contributed by atoms with van der Waals surface area (Å²) in [6.07, 6.45) is 0.805. The maximum absolute atomic E-state index is 13.4. The highest BCUT2D eigenvalue weighted by atomic mass is 19.1. The summed E-state index contributed by atoms with van der Waals surface area (Å²) in [6.45, 7) is 5.72. The zero-order chi connectivity index (χ0) is 15.6. The lowest BCUT2D eigenvalue weighted by atomic mass is 9.73. The minimum Gasteiger partial charge on any atom is -0.481 e. The van der Waals surface area contributed by atoms with Gasteiger partial charge in [-0.15, -0.1) is 0 Å². The first kappa shape index (κ1) is 16.6. The fourth-order valence-corrected chi connectivity index (χ4v) is 2.10. The Kier molecular flexibility index (Phi) is 4.86.